The Morgan fingerprint density at radius 2 is 1.88 bits per heavy atom. The second kappa shape index (κ2) is 5.67. The van der Waals surface area contributed by atoms with E-state index >= 15 is 0 Å². The number of hydrogen-bond donors (Lipinski definition) is 1. The van der Waals surface area contributed by atoms with Crippen LogP contribution in [0.1, 0.15) is 47.5 Å². The number of hydrogen-bond acceptors (Lipinski definition) is 2. The van der Waals surface area contributed by atoms with Gasteiger partial charge >= 0.3 is 0 Å². The van der Waals surface area contributed by atoms with Crippen LogP contribution in [-0.4, -0.2) is 29.6 Å². The maximum absolute atomic E-state index is 11.9. The Labute approximate surface area is 99.6 Å². The van der Waals surface area contributed by atoms with Gasteiger partial charge in [-0.3, -0.25) is 10.1 Å². The van der Waals surface area contributed by atoms with Crippen molar-refractivity contribution in [1.82, 2.24) is 10.2 Å². The molecule has 1 amide bonds. The number of nitrogens with one attached hydrogen (secondary N) is 1. The Kier molecular flexibility index (Phi) is 4.78. The van der Waals surface area contributed by atoms with Crippen molar-refractivity contribution in [1.29, 1.82) is 0 Å². The van der Waals surface area contributed by atoms with Crippen LogP contribution in [0.25, 0.3) is 0 Å². The molecule has 1 aliphatic rings. The highest BCUT2D eigenvalue weighted by Crippen LogP contribution is 2.20. The molecule has 1 saturated heterocycles. The van der Waals surface area contributed by atoms with Crippen LogP contribution >= 0.6 is 0 Å². The summed E-state index contributed by atoms with van der Waals surface area (Å²) in [5.41, 5.74) is 0. The first-order valence-electron chi connectivity index (χ1n) is 6.46. The second-order valence-electron chi connectivity index (χ2n) is 5.81. The Morgan fingerprint density at radius 1 is 1.25 bits per heavy atom. The highest BCUT2D eigenvalue weighted by atomic mass is 16.2. The molecule has 1 fully saturated rings. The molecular formula is C13H26N2O. The van der Waals surface area contributed by atoms with Crippen LogP contribution in [0.5, 0.6) is 0 Å². The van der Waals surface area contributed by atoms with Crippen LogP contribution in [-0.2, 0) is 4.79 Å². The Hall–Kier alpha value is -0.570. The number of rotatable bonds is 5. The fourth-order valence-electron chi connectivity index (χ4n) is 2.56. The molecule has 3 heteroatoms. The molecule has 1 rings (SSSR count). The standard InChI is InChI=1S/C13H26N2O/c1-9(2)6-11(5)15-12(7-10(3)4)14-8-13(15)16/h9-12,14H,6-8H2,1-5H3. The van der Waals surface area contributed by atoms with Gasteiger partial charge < -0.3 is 4.90 Å². The fraction of sp³-hybridized carbons (Fsp3) is 0.923. The van der Waals surface area contributed by atoms with Crippen molar-refractivity contribution >= 4 is 5.91 Å². The van der Waals surface area contributed by atoms with E-state index in [9.17, 15) is 4.79 Å². The molecule has 3 nitrogen and oxygen atoms in total. The van der Waals surface area contributed by atoms with Crippen molar-refractivity contribution in [3.8, 4) is 0 Å². The molecule has 2 unspecified atom stereocenters. The lowest BCUT2D eigenvalue weighted by atomic mass is 10.0. The van der Waals surface area contributed by atoms with E-state index in [4.69, 9.17) is 0 Å². The minimum Gasteiger partial charge on any atom is -0.323 e. The third-order valence-corrected chi connectivity index (χ3v) is 3.09. The lowest BCUT2D eigenvalue weighted by Crippen LogP contribution is -2.44. The van der Waals surface area contributed by atoms with Crippen LogP contribution in [0.3, 0.4) is 0 Å². The third kappa shape index (κ3) is 3.48. The molecule has 16 heavy (non-hydrogen) atoms. The molecule has 94 valence electrons. The van der Waals surface area contributed by atoms with Crippen LogP contribution in [0.4, 0.5) is 0 Å². The van der Waals surface area contributed by atoms with Crippen molar-refractivity contribution in [2.45, 2.75) is 59.7 Å². The summed E-state index contributed by atoms with van der Waals surface area (Å²) in [6, 6.07) is 0.353. The molecule has 0 aliphatic carbocycles. The van der Waals surface area contributed by atoms with E-state index < -0.39 is 0 Å². The number of nitrogens with zero attached hydrogens (tertiary/aromatic N) is 1. The van der Waals surface area contributed by atoms with Gasteiger partial charge in [0.05, 0.1) is 12.7 Å². The lowest BCUT2D eigenvalue weighted by molar-refractivity contribution is -0.130. The van der Waals surface area contributed by atoms with E-state index in [1.165, 1.54) is 0 Å². The number of amides is 1. The van der Waals surface area contributed by atoms with E-state index in [1.807, 2.05) is 0 Å². The zero-order valence-corrected chi connectivity index (χ0v) is 11.3. The Balaban J connectivity index is 2.61. The van der Waals surface area contributed by atoms with Crippen LogP contribution in [0.2, 0.25) is 0 Å². The predicted molar refractivity (Wildman–Crippen MR) is 67.0 cm³/mol. The SMILES string of the molecule is CC(C)CC(C)N1C(=O)CNC1CC(C)C. The number of carbonyl (C=O) groups is 1. The second-order valence-corrected chi connectivity index (χ2v) is 5.81. The van der Waals surface area contributed by atoms with Gasteiger partial charge in [0.15, 0.2) is 0 Å². The largest absolute Gasteiger partial charge is 0.323 e. The highest BCUT2D eigenvalue weighted by molar-refractivity contribution is 5.80. The summed E-state index contributed by atoms with van der Waals surface area (Å²) in [6.07, 6.45) is 2.39. The van der Waals surface area contributed by atoms with Gasteiger partial charge in [0, 0.05) is 6.04 Å². The molecule has 1 N–H and O–H groups in total. The van der Waals surface area contributed by atoms with Crippen molar-refractivity contribution < 1.29 is 4.79 Å². The summed E-state index contributed by atoms with van der Waals surface area (Å²) < 4.78 is 0. The zero-order chi connectivity index (χ0) is 12.3. The van der Waals surface area contributed by atoms with Crippen molar-refractivity contribution in [2.75, 3.05) is 6.54 Å². The molecule has 1 aliphatic heterocycles. The van der Waals surface area contributed by atoms with Gasteiger partial charge in [-0.25, -0.2) is 0 Å². The first-order chi connectivity index (χ1) is 7.41. The summed E-state index contributed by atoms with van der Waals surface area (Å²) in [4.78, 5) is 13.9. The summed E-state index contributed by atoms with van der Waals surface area (Å²) in [7, 11) is 0. The maximum Gasteiger partial charge on any atom is 0.238 e. The average Bonchev–Trinajstić information content (AvgIpc) is 2.44. The van der Waals surface area contributed by atoms with Gasteiger partial charge in [0.2, 0.25) is 5.91 Å². The minimum atomic E-state index is 0.251. The van der Waals surface area contributed by atoms with Crippen molar-refractivity contribution in [3.63, 3.8) is 0 Å². The maximum atomic E-state index is 11.9. The average molecular weight is 226 g/mol. The first-order valence-corrected chi connectivity index (χ1v) is 6.46. The minimum absolute atomic E-state index is 0.251. The highest BCUT2D eigenvalue weighted by Gasteiger charge is 2.34. The molecule has 0 spiro atoms. The summed E-state index contributed by atoms with van der Waals surface area (Å²) in [5, 5.41) is 3.32. The quantitative estimate of drug-likeness (QED) is 0.779. The first kappa shape index (κ1) is 13.5. The Bertz CT molecular complexity index is 238. The van der Waals surface area contributed by atoms with Crippen LogP contribution < -0.4 is 5.32 Å². The monoisotopic (exact) mass is 226 g/mol. The summed E-state index contributed by atoms with van der Waals surface area (Å²) in [5.74, 6) is 1.53. The van der Waals surface area contributed by atoms with Gasteiger partial charge in [-0.1, -0.05) is 27.7 Å². The molecular weight excluding hydrogens is 200 g/mol. The van der Waals surface area contributed by atoms with E-state index in [0.29, 0.717) is 24.4 Å². The van der Waals surface area contributed by atoms with E-state index in [2.05, 4.69) is 44.8 Å². The van der Waals surface area contributed by atoms with E-state index in [1.54, 1.807) is 0 Å². The summed E-state index contributed by atoms with van der Waals surface area (Å²) >= 11 is 0. The van der Waals surface area contributed by atoms with E-state index in [0.717, 1.165) is 12.8 Å². The molecule has 1 heterocycles. The molecule has 0 aromatic rings. The normalized spacial score (nSPS) is 23.6. The summed E-state index contributed by atoms with van der Waals surface area (Å²) in [6.45, 7) is 11.5. The van der Waals surface area contributed by atoms with Gasteiger partial charge in [0.25, 0.3) is 0 Å². The smallest absolute Gasteiger partial charge is 0.238 e. The fourth-order valence-corrected chi connectivity index (χ4v) is 2.56. The van der Waals surface area contributed by atoms with Gasteiger partial charge in [-0.05, 0) is 31.6 Å². The molecule has 0 radical (unpaired) electrons. The topological polar surface area (TPSA) is 32.3 Å². The van der Waals surface area contributed by atoms with Crippen LogP contribution in [0, 0.1) is 11.8 Å². The third-order valence-electron chi connectivity index (χ3n) is 3.09. The molecule has 0 saturated carbocycles. The van der Waals surface area contributed by atoms with Gasteiger partial charge in [-0.15, -0.1) is 0 Å². The Morgan fingerprint density at radius 3 is 2.38 bits per heavy atom. The lowest BCUT2D eigenvalue weighted by Gasteiger charge is -2.32. The molecule has 0 aromatic heterocycles. The number of carbonyl (C=O) groups excluding carboxylic acids is 1. The van der Waals surface area contributed by atoms with E-state index in [-0.39, 0.29) is 12.1 Å². The molecule has 2 atom stereocenters. The predicted octanol–water partition coefficient (Wildman–Crippen LogP) is 2.22. The molecule has 0 bridgehead atoms. The van der Waals surface area contributed by atoms with Crippen molar-refractivity contribution in [2.24, 2.45) is 11.8 Å². The molecule has 0 aromatic carbocycles. The van der Waals surface area contributed by atoms with Crippen LogP contribution in [0.15, 0.2) is 0 Å². The zero-order valence-electron chi connectivity index (χ0n) is 11.3. The van der Waals surface area contributed by atoms with Gasteiger partial charge in [0.1, 0.15) is 0 Å². The van der Waals surface area contributed by atoms with Crippen molar-refractivity contribution in [3.05, 3.63) is 0 Å². The van der Waals surface area contributed by atoms with Gasteiger partial charge in [-0.2, -0.15) is 0 Å².